The average Bonchev–Trinajstić information content (AvgIpc) is 0.811. The van der Waals surface area contributed by atoms with E-state index in [-0.39, 0.29) is 0 Å². The van der Waals surface area contributed by atoms with Gasteiger partial charge in [-0.1, -0.05) is 0 Å². The second kappa shape index (κ2) is 1.41. The Balaban J connectivity index is 4.65. The molecule has 0 heterocycles. The molecule has 0 spiro atoms. The van der Waals surface area contributed by atoms with Crippen LogP contribution in [0, 0.1) is 0 Å². The predicted molar refractivity (Wildman–Crippen MR) is 2.06 cm³/mol. The molecule has 4 heteroatoms. The van der Waals surface area contributed by atoms with Crippen molar-refractivity contribution in [3.63, 3.8) is 0 Å². The predicted octanol–water partition coefficient (Wildman–Crippen LogP) is -0.359. The van der Waals surface area contributed by atoms with Crippen molar-refractivity contribution in [1.29, 1.82) is 0 Å². The van der Waals surface area contributed by atoms with E-state index in [1.54, 1.807) is 0 Å². The molecule has 24 valence electrons. The van der Waals surface area contributed by atoms with Gasteiger partial charge in [-0.3, -0.25) is 0 Å². The summed E-state index contributed by atoms with van der Waals surface area (Å²) in [4.78, 5) is 0. The molecule has 3 nitrogen and oxygen atoms in total. The first-order valence-corrected chi connectivity index (χ1v) is 2.96. The standard InChI is InChI=1S/Mo.3O. The molecular formula is MoO3. The van der Waals surface area contributed by atoms with Gasteiger partial charge in [0.05, 0.1) is 0 Å². The Hall–Kier alpha value is 0.0883. The summed E-state index contributed by atoms with van der Waals surface area (Å²) in [6.07, 6.45) is 0. The Morgan fingerprint density at radius 3 is 1.00 bits per heavy atom. The minimum atomic E-state index is -4.11. The van der Waals surface area contributed by atoms with E-state index >= 15 is 0 Å². The first-order chi connectivity index (χ1) is 1.73. The summed E-state index contributed by atoms with van der Waals surface area (Å²) in [5.41, 5.74) is 0. The van der Waals surface area contributed by atoms with Crippen molar-refractivity contribution >= 4 is 0 Å². The van der Waals surface area contributed by atoms with Crippen LogP contribution in [0.1, 0.15) is 0 Å². The van der Waals surface area contributed by atoms with E-state index in [9.17, 15) is 0 Å². The van der Waals surface area contributed by atoms with Crippen LogP contribution in [-0.2, 0) is 27.4 Å². The molecule has 0 N–H and O–H groups in total. The van der Waals surface area contributed by atoms with Gasteiger partial charge in [0, 0.05) is 0 Å². The summed E-state index contributed by atoms with van der Waals surface area (Å²) < 4.78 is 25.8. The fourth-order valence-corrected chi connectivity index (χ4v) is 0. The van der Waals surface area contributed by atoms with E-state index in [0.717, 1.165) is 0 Å². The van der Waals surface area contributed by atoms with Crippen molar-refractivity contribution in [2.45, 2.75) is 0 Å². The number of hydrogen-bond donors (Lipinski definition) is 0. The van der Waals surface area contributed by atoms with Crippen LogP contribution in [0.4, 0.5) is 0 Å². The molecule has 0 saturated carbocycles. The number of rotatable bonds is 0. The van der Waals surface area contributed by atoms with Crippen molar-refractivity contribution in [3.8, 4) is 0 Å². The summed E-state index contributed by atoms with van der Waals surface area (Å²) in [6.45, 7) is 0. The molecule has 0 bridgehead atoms. The van der Waals surface area contributed by atoms with Crippen LogP contribution >= 0.6 is 0 Å². The molecule has 4 heavy (non-hydrogen) atoms. The van der Waals surface area contributed by atoms with Crippen LogP contribution in [0.3, 0.4) is 0 Å². The fourth-order valence-electron chi connectivity index (χ4n) is 0. The molecule has 0 aromatic rings. The van der Waals surface area contributed by atoms with Crippen LogP contribution in [-0.4, -0.2) is 0 Å². The van der Waals surface area contributed by atoms with Crippen molar-refractivity contribution in [2.24, 2.45) is 0 Å². The monoisotopic (exact) mass is 146 g/mol. The zero-order valence-electron chi connectivity index (χ0n) is 1.63. The second-order valence-electron chi connectivity index (χ2n) is 0.204. The molecule has 0 fully saturated rings. The fraction of sp³-hybridized carbons (Fsp3) is 0. The third kappa shape index (κ3) is 317. The summed E-state index contributed by atoms with van der Waals surface area (Å²) in [5.74, 6) is 0. The van der Waals surface area contributed by atoms with Gasteiger partial charge in [-0.2, -0.15) is 0 Å². The summed E-state index contributed by atoms with van der Waals surface area (Å²) in [6, 6.07) is 0. The summed E-state index contributed by atoms with van der Waals surface area (Å²) in [7, 11) is 0. The molecule has 0 aromatic carbocycles. The molecule has 0 aliphatic heterocycles. The molecule has 0 radical (unpaired) electrons. The molecule has 0 unspecified atom stereocenters. The Labute approximate surface area is 28.1 Å². The van der Waals surface area contributed by atoms with Gasteiger partial charge < -0.3 is 0 Å². The van der Waals surface area contributed by atoms with Crippen LogP contribution in [0.25, 0.3) is 0 Å². The Bertz CT molecular complexity index is 72.7. The maximum absolute atomic E-state index is 8.59. The SMILES string of the molecule is [O]=[Mo](=[O])=[O]. The molecule has 0 aliphatic rings. The molecule has 0 atom stereocenters. The first kappa shape index (κ1) is 4.09. The molecule has 0 saturated heterocycles. The van der Waals surface area contributed by atoms with Crippen LogP contribution in [0.15, 0.2) is 0 Å². The quantitative estimate of drug-likeness (QED) is 0.436. The summed E-state index contributed by atoms with van der Waals surface area (Å²) in [5, 5.41) is 0. The zero-order valence-corrected chi connectivity index (χ0v) is 3.64. The average molecular weight is 144 g/mol. The Morgan fingerprint density at radius 1 is 1.00 bits per heavy atom. The van der Waals surface area contributed by atoms with E-state index in [1.165, 1.54) is 0 Å². The topological polar surface area (TPSA) is 51.2 Å². The van der Waals surface area contributed by atoms with Gasteiger partial charge in [0.15, 0.2) is 0 Å². The van der Waals surface area contributed by atoms with E-state index < -0.39 is 17.2 Å². The van der Waals surface area contributed by atoms with E-state index in [0.29, 0.717) is 0 Å². The van der Waals surface area contributed by atoms with Gasteiger partial charge in [0.25, 0.3) is 0 Å². The van der Waals surface area contributed by atoms with Crippen molar-refractivity contribution < 1.29 is 27.4 Å². The molecule has 0 aliphatic carbocycles. The maximum atomic E-state index is 8.59. The van der Waals surface area contributed by atoms with Crippen LogP contribution < -0.4 is 0 Å². The molecule has 0 amide bonds. The summed E-state index contributed by atoms with van der Waals surface area (Å²) >= 11 is -4.11. The van der Waals surface area contributed by atoms with E-state index in [2.05, 4.69) is 0 Å². The minimum absolute atomic E-state index is 4.11. The van der Waals surface area contributed by atoms with Crippen LogP contribution in [0.2, 0.25) is 0 Å². The van der Waals surface area contributed by atoms with Gasteiger partial charge in [-0.25, -0.2) is 0 Å². The van der Waals surface area contributed by atoms with Gasteiger partial charge in [-0.05, 0) is 0 Å². The van der Waals surface area contributed by atoms with Gasteiger partial charge in [0.1, 0.15) is 0 Å². The molecular weight excluding hydrogens is 144 g/mol. The van der Waals surface area contributed by atoms with Crippen molar-refractivity contribution in [3.05, 3.63) is 0 Å². The Kier molecular flexibility index (Phi) is 1.44. The zero-order chi connectivity index (χ0) is 3.58. The van der Waals surface area contributed by atoms with Gasteiger partial charge >= 0.3 is 27.4 Å². The normalized spacial score (nSPS) is 6.00. The third-order valence-electron chi connectivity index (χ3n) is 0. The van der Waals surface area contributed by atoms with Gasteiger partial charge in [0.2, 0.25) is 0 Å². The van der Waals surface area contributed by atoms with Gasteiger partial charge in [-0.15, -0.1) is 0 Å². The molecule has 0 aromatic heterocycles. The van der Waals surface area contributed by atoms with E-state index in [4.69, 9.17) is 10.2 Å². The third-order valence-corrected chi connectivity index (χ3v) is 0. The number of hydrogen-bond acceptors (Lipinski definition) is 3. The Morgan fingerprint density at radius 2 is 1.00 bits per heavy atom. The first-order valence-electron chi connectivity index (χ1n) is 0.500. The molecule has 0 rings (SSSR count). The van der Waals surface area contributed by atoms with Crippen LogP contribution in [0.5, 0.6) is 0 Å². The second-order valence-corrected chi connectivity index (χ2v) is 1.21. The van der Waals surface area contributed by atoms with E-state index in [1.807, 2.05) is 0 Å². The van der Waals surface area contributed by atoms with Crippen molar-refractivity contribution in [2.75, 3.05) is 0 Å². The van der Waals surface area contributed by atoms with Crippen molar-refractivity contribution in [1.82, 2.24) is 0 Å².